The van der Waals surface area contributed by atoms with Crippen molar-refractivity contribution >= 4 is 34.2 Å². The number of aryl methyl sites for hydroxylation is 1. The van der Waals surface area contributed by atoms with Gasteiger partial charge >= 0.3 is 5.63 Å². The van der Waals surface area contributed by atoms with E-state index in [0.29, 0.717) is 27.4 Å². The summed E-state index contributed by atoms with van der Waals surface area (Å²) in [5, 5.41) is 3.81. The van der Waals surface area contributed by atoms with Crippen molar-refractivity contribution in [1.29, 1.82) is 0 Å². The van der Waals surface area contributed by atoms with Crippen LogP contribution in [0.3, 0.4) is 0 Å². The number of ether oxygens (including phenoxy) is 1. The molecule has 0 aliphatic rings. The largest absolute Gasteiger partial charge is 0.497 e. The first-order valence-corrected chi connectivity index (χ1v) is 7.55. The lowest BCUT2D eigenvalue weighted by Gasteiger charge is -2.07. The standard InChI is InChI=1S/C18H14ClNO4/c1-10-3-5-12(8-15(10)19)20-17(21)14-7-11-4-6-13(23-2)9-16(11)24-18(14)22/h3-9H,1-2H3,(H,20,21). The Bertz CT molecular complexity index is 994. The van der Waals surface area contributed by atoms with Crippen LogP contribution in [0.2, 0.25) is 5.02 Å². The van der Waals surface area contributed by atoms with Crippen molar-refractivity contribution in [2.75, 3.05) is 12.4 Å². The number of rotatable bonds is 3. The summed E-state index contributed by atoms with van der Waals surface area (Å²) < 4.78 is 10.3. The lowest BCUT2D eigenvalue weighted by molar-refractivity contribution is 0.102. The molecule has 0 aliphatic carbocycles. The molecule has 0 spiro atoms. The predicted molar refractivity (Wildman–Crippen MR) is 93.2 cm³/mol. The molecule has 0 saturated heterocycles. The number of hydrogen-bond acceptors (Lipinski definition) is 4. The van der Waals surface area contributed by atoms with Crippen LogP contribution in [0.15, 0.2) is 51.7 Å². The zero-order valence-corrected chi connectivity index (χ0v) is 13.8. The number of amides is 1. The molecule has 0 aliphatic heterocycles. The van der Waals surface area contributed by atoms with E-state index in [2.05, 4.69) is 5.32 Å². The Morgan fingerprint density at radius 3 is 2.67 bits per heavy atom. The summed E-state index contributed by atoms with van der Waals surface area (Å²) in [4.78, 5) is 24.5. The molecule has 2 aromatic carbocycles. The van der Waals surface area contributed by atoms with E-state index in [-0.39, 0.29) is 5.56 Å². The zero-order chi connectivity index (χ0) is 17.3. The van der Waals surface area contributed by atoms with Crippen LogP contribution >= 0.6 is 11.6 Å². The minimum atomic E-state index is -0.716. The highest BCUT2D eigenvalue weighted by Crippen LogP contribution is 2.22. The Balaban J connectivity index is 1.95. The van der Waals surface area contributed by atoms with Crippen molar-refractivity contribution in [1.82, 2.24) is 0 Å². The van der Waals surface area contributed by atoms with Crippen molar-refractivity contribution in [2.45, 2.75) is 6.92 Å². The smallest absolute Gasteiger partial charge is 0.349 e. The predicted octanol–water partition coefficient (Wildman–Crippen LogP) is 4.02. The van der Waals surface area contributed by atoms with Crippen LogP contribution in [-0.2, 0) is 0 Å². The van der Waals surface area contributed by atoms with Crippen molar-refractivity contribution in [2.24, 2.45) is 0 Å². The first-order chi connectivity index (χ1) is 11.5. The van der Waals surface area contributed by atoms with Gasteiger partial charge in [-0.25, -0.2) is 4.79 Å². The van der Waals surface area contributed by atoms with E-state index in [9.17, 15) is 9.59 Å². The summed E-state index contributed by atoms with van der Waals surface area (Å²) in [6.45, 7) is 1.86. The highest BCUT2D eigenvalue weighted by atomic mass is 35.5. The lowest BCUT2D eigenvalue weighted by Crippen LogP contribution is -2.20. The SMILES string of the molecule is COc1ccc2cc(C(=O)Nc3ccc(C)c(Cl)c3)c(=O)oc2c1. The molecule has 5 nitrogen and oxygen atoms in total. The highest BCUT2D eigenvalue weighted by molar-refractivity contribution is 6.31. The van der Waals surface area contributed by atoms with E-state index in [0.717, 1.165) is 5.56 Å². The van der Waals surface area contributed by atoms with Crippen LogP contribution in [0, 0.1) is 6.92 Å². The average molecular weight is 344 g/mol. The minimum Gasteiger partial charge on any atom is -0.497 e. The van der Waals surface area contributed by atoms with E-state index >= 15 is 0 Å². The van der Waals surface area contributed by atoms with Gasteiger partial charge in [0.15, 0.2) is 0 Å². The molecule has 0 fully saturated rings. The summed E-state index contributed by atoms with van der Waals surface area (Å²) in [5.41, 5.74) is 0.962. The van der Waals surface area contributed by atoms with Crippen molar-refractivity contribution in [3.8, 4) is 5.75 Å². The fourth-order valence-electron chi connectivity index (χ4n) is 2.25. The number of fused-ring (bicyclic) bond motifs is 1. The summed E-state index contributed by atoms with van der Waals surface area (Å²) in [6, 6.07) is 11.7. The van der Waals surface area contributed by atoms with Gasteiger partial charge in [0.05, 0.1) is 7.11 Å². The van der Waals surface area contributed by atoms with E-state index < -0.39 is 11.5 Å². The van der Waals surface area contributed by atoms with Gasteiger partial charge in [-0.15, -0.1) is 0 Å². The Hall–Kier alpha value is -2.79. The fraction of sp³-hybridized carbons (Fsp3) is 0.111. The fourth-order valence-corrected chi connectivity index (χ4v) is 2.43. The molecule has 3 aromatic rings. The Morgan fingerprint density at radius 1 is 1.17 bits per heavy atom. The molecule has 6 heteroatoms. The topological polar surface area (TPSA) is 68.5 Å². The van der Waals surface area contributed by atoms with E-state index in [4.69, 9.17) is 20.8 Å². The van der Waals surface area contributed by atoms with Gasteiger partial charge in [-0.05, 0) is 42.8 Å². The van der Waals surface area contributed by atoms with E-state index in [1.54, 1.807) is 36.4 Å². The molecule has 24 heavy (non-hydrogen) atoms. The number of anilines is 1. The van der Waals surface area contributed by atoms with Gasteiger partial charge in [0, 0.05) is 22.2 Å². The Kier molecular flexibility index (Phi) is 4.27. The molecular weight excluding hydrogens is 330 g/mol. The first kappa shape index (κ1) is 16.1. The maximum Gasteiger partial charge on any atom is 0.349 e. The third kappa shape index (κ3) is 3.12. The average Bonchev–Trinajstić information content (AvgIpc) is 2.57. The van der Waals surface area contributed by atoms with Gasteiger partial charge in [-0.3, -0.25) is 4.79 Å². The molecule has 0 bridgehead atoms. The lowest BCUT2D eigenvalue weighted by atomic mass is 10.1. The highest BCUT2D eigenvalue weighted by Gasteiger charge is 2.14. The van der Waals surface area contributed by atoms with Crippen molar-refractivity contribution in [3.63, 3.8) is 0 Å². The molecule has 1 amide bonds. The van der Waals surface area contributed by atoms with Crippen LogP contribution in [0.5, 0.6) is 5.75 Å². The molecule has 1 N–H and O–H groups in total. The van der Waals surface area contributed by atoms with Crippen LogP contribution in [0.1, 0.15) is 15.9 Å². The number of carbonyl (C=O) groups is 1. The van der Waals surface area contributed by atoms with Crippen molar-refractivity contribution in [3.05, 3.63) is 69.0 Å². The summed E-state index contributed by atoms with van der Waals surface area (Å²) >= 11 is 6.04. The summed E-state index contributed by atoms with van der Waals surface area (Å²) in [7, 11) is 1.52. The maximum atomic E-state index is 12.4. The van der Waals surface area contributed by atoms with Crippen LogP contribution in [0.25, 0.3) is 11.0 Å². The van der Waals surface area contributed by atoms with Crippen LogP contribution in [-0.4, -0.2) is 13.0 Å². The molecule has 122 valence electrons. The van der Waals surface area contributed by atoms with Gasteiger partial charge in [0.2, 0.25) is 0 Å². The molecule has 0 saturated carbocycles. The van der Waals surface area contributed by atoms with Crippen LogP contribution in [0.4, 0.5) is 5.69 Å². The number of carbonyl (C=O) groups excluding carboxylic acids is 1. The summed E-state index contributed by atoms with van der Waals surface area (Å²) in [5.74, 6) is 0.0125. The van der Waals surface area contributed by atoms with Crippen molar-refractivity contribution < 1.29 is 13.9 Å². The second-order valence-corrected chi connectivity index (χ2v) is 5.68. The van der Waals surface area contributed by atoms with Crippen LogP contribution < -0.4 is 15.7 Å². The van der Waals surface area contributed by atoms with Gasteiger partial charge < -0.3 is 14.5 Å². The minimum absolute atomic E-state index is 0.0793. The quantitative estimate of drug-likeness (QED) is 0.729. The first-order valence-electron chi connectivity index (χ1n) is 7.17. The number of halogens is 1. The molecule has 0 unspecified atom stereocenters. The molecule has 3 rings (SSSR count). The van der Waals surface area contributed by atoms with Gasteiger partial charge in [0.1, 0.15) is 16.9 Å². The maximum absolute atomic E-state index is 12.4. The monoisotopic (exact) mass is 343 g/mol. The second kappa shape index (κ2) is 6.37. The molecule has 1 heterocycles. The van der Waals surface area contributed by atoms with E-state index in [1.165, 1.54) is 13.2 Å². The second-order valence-electron chi connectivity index (χ2n) is 5.27. The number of hydrogen-bond donors (Lipinski definition) is 1. The third-order valence-corrected chi connectivity index (χ3v) is 4.02. The molecule has 1 aromatic heterocycles. The number of nitrogens with one attached hydrogen (secondary N) is 1. The Labute approximate surface area is 142 Å². The van der Waals surface area contributed by atoms with E-state index in [1.807, 2.05) is 6.92 Å². The van der Waals surface area contributed by atoms with Gasteiger partial charge in [-0.2, -0.15) is 0 Å². The molecule has 0 radical (unpaired) electrons. The third-order valence-electron chi connectivity index (χ3n) is 3.62. The Morgan fingerprint density at radius 2 is 1.96 bits per heavy atom. The molecular formula is C18H14ClNO4. The summed E-state index contributed by atoms with van der Waals surface area (Å²) in [6.07, 6.45) is 0. The normalized spacial score (nSPS) is 10.6. The number of benzene rings is 2. The number of methoxy groups -OCH3 is 1. The molecule has 0 atom stereocenters. The zero-order valence-electron chi connectivity index (χ0n) is 13.1. The van der Waals surface area contributed by atoms with Gasteiger partial charge in [-0.1, -0.05) is 17.7 Å². The van der Waals surface area contributed by atoms with Gasteiger partial charge in [0.25, 0.3) is 5.91 Å².